The third-order valence-corrected chi connectivity index (χ3v) is 6.25. The normalized spacial score (nSPS) is 19.4. The van der Waals surface area contributed by atoms with E-state index in [1.54, 1.807) is 7.11 Å². The molecular formula is C24H26N4O3. The number of hydrogen-bond acceptors (Lipinski definition) is 5. The van der Waals surface area contributed by atoms with Crippen LogP contribution in [0, 0.1) is 0 Å². The third-order valence-electron chi connectivity index (χ3n) is 6.25. The van der Waals surface area contributed by atoms with Gasteiger partial charge in [0.15, 0.2) is 12.4 Å². The zero-order valence-corrected chi connectivity index (χ0v) is 17.6. The summed E-state index contributed by atoms with van der Waals surface area (Å²) in [7, 11) is 1.72. The first-order valence-corrected chi connectivity index (χ1v) is 10.6. The van der Waals surface area contributed by atoms with Crippen molar-refractivity contribution in [1.29, 1.82) is 0 Å². The van der Waals surface area contributed by atoms with Gasteiger partial charge in [-0.25, -0.2) is 4.98 Å². The smallest absolute Gasteiger partial charge is 0.260 e. The van der Waals surface area contributed by atoms with E-state index in [0.29, 0.717) is 25.4 Å². The summed E-state index contributed by atoms with van der Waals surface area (Å²) in [5.41, 5.74) is 1.91. The van der Waals surface area contributed by atoms with Crippen molar-refractivity contribution in [2.75, 3.05) is 44.9 Å². The van der Waals surface area contributed by atoms with Gasteiger partial charge in [0.1, 0.15) is 11.3 Å². The molecule has 2 aromatic heterocycles. The van der Waals surface area contributed by atoms with Gasteiger partial charge in [0, 0.05) is 39.1 Å². The number of carbonyl (C=O) groups excluding carboxylic acids is 1. The molecule has 0 radical (unpaired) electrons. The number of carbonyl (C=O) groups is 1. The number of benzene rings is 1. The highest BCUT2D eigenvalue weighted by Crippen LogP contribution is 2.46. The van der Waals surface area contributed by atoms with Crippen LogP contribution in [0.2, 0.25) is 0 Å². The highest BCUT2D eigenvalue weighted by Gasteiger charge is 2.50. The number of rotatable bonds is 6. The Morgan fingerprint density at radius 3 is 2.84 bits per heavy atom. The Hall–Kier alpha value is -3.32. The number of para-hydroxylation sites is 1. The van der Waals surface area contributed by atoms with Crippen LogP contribution in [-0.2, 0) is 15.1 Å². The van der Waals surface area contributed by atoms with Gasteiger partial charge in [-0.1, -0.05) is 18.2 Å². The zero-order valence-electron chi connectivity index (χ0n) is 17.6. The van der Waals surface area contributed by atoms with E-state index in [-0.39, 0.29) is 18.1 Å². The van der Waals surface area contributed by atoms with Crippen molar-refractivity contribution in [2.45, 2.75) is 12.0 Å². The van der Waals surface area contributed by atoms with Crippen LogP contribution in [0.3, 0.4) is 0 Å². The minimum absolute atomic E-state index is 0.00232. The van der Waals surface area contributed by atoms with Gasteiger partial charge in [-0.3, -0.25) is 4.79 Å². The second kappa shape index (κ2) is 8.07. The van der Waals surface area contributed by atoms with Crippen molar-refractivity contribution >= 4 is 11.6 Å². The molecule has 4 heterocycles. The fourth-order valence-corrected chi connectivity index (χ4v) is 4.80. The minimum Gasteiger partial charge on any atom is -0.484 e. The highest BCUT2D eigenvalue weighted by molar-refractivity contribution is 5.79. The van der Waals surface area contributed by atoms with Crippen LogP contribution in [0.15, 0.2) is 67.0 Å². The van der Waals surface area contributed by atoms with Crippen LogP contribution in [-0.4, -0.2) is 60.3 Å². The third kappa shape index (κ3) is 3.35. The largest absolute Gasteiger partial charge is 0.484 e. The molecule has 1 atom stereocenters. The Labute approximate surface area is 181 Å². The van der Waals surface area contributed by atoms with Crippen LogP contribution in [0.1, 0.15) is 12.1 Å². The molecule has 1 amide bonds. The first-order valence-electron chi connectivity index (χ1n) is 10.6. The lowest BCUT2D eigenvalue weighted by molar-refractivity contribution is -0.132. The van der Waals surface area contributed by atoms with Gasteiger partial charge in [-0.05, 0) is 42.8 Å². The maximum atomic E-state index is 13.0. The molecule has 1 unspecified atom stereocenters. The van der Waals surface area contributed by atoms with E-state index in [1.165, 1.54) is 0 Å². The number of hydrogen-bond donors (Lipinski definition) is 0. The zero-order chi connectivity index (χ0) is 21.3. The predicted molar refractivity (Wildman–Crippen MR) is 118 cm³/mol. The summed E-state index contributed by atoms with van der Waals surface area (Å²) >= 11 is 0. The molecule has 1 spiro atoms. The molecule has 0 bridgehead atoms. The first kappa shape index (κ1) is 19.6. The molecule has 160 valence electrons. The quantitative estimate of drug-likeness (QED) is 0.616. The average molecular weight is 418 g/mol. The summed E-state index contributed by atoms with van der Waals surface area (Å²) < 4.78 is 13.3. The molecule has 7 nitrogen and oxygen atoms in total. The SMILES string of the molecule is COCCN1c2cccnc2-n2cccc2C12CCN(C(=O)COc1ccccc1)C2. The Morgan fingerprint density at radius 1 is 1.13 bits per heavy atom. The van der Waals surface area contributed by atoms with E-state index in [9.17, 15) is 4.79 Å². The van der Waals surface area contributed by atoms with E-state index >= 15 is 0 Å². The van der Waals surface area contributed by atoms with Crippen LogP contribution in [0.25, 0.3) is 5.82 Å². The van der Waals surface area contributed by atoms with E-state index in [4.69, 9.17) is 9.47 Å². The first-order chi connectivity index (χ1) is 15.2. The number of likely N-dealkylation sites (tertiary alicyclic amines) is 1. The lowest BCUT2D eigenvalue weighted by Crippen LogP contribution is -2.54. The maximum absolute atomic E-state index is 13.0. The highest BCUT2D eigenvalue weighted by atomic mass is 16.5. The molecule has 1 aromatic carbocycles. The van der Waals surface area contributed by atoms with Crippen LogP contribution < -0.4 is 9.64 Å². The number of ether oxygens (including phenoxy) is 2. The summed E-state index contributed by atoms with van der Waals surface area (Å²) in [5.74, 6) is 1.63. The summed E-state index contributed by atoms with van der Waals surface area (Å²) in [6, 6.07) is 17.7. The van der Waals surface area contributed by atoms with Crippen molar-refractivity contribution in [3.63, 3.8) is 0 Å². The Balaban J connectivity index is 1.43. The lowest BCUT2D eigenvalue weighted by Gasteiger charge is -2.47. The summed E-state index contributed by atoms with van der Waals surface area (Å²) in [6.45, 7) is 2.65. The standard InChI is InChI=1S/C24H26N4O3/c1-30-16-15-28-20-9-5-12-25-23(20)27-13-6-10-21(27)24(28)11-14-26(18-24)22(29)17-31-19-7-3-2-4-8-19/h2-10,12-13H,11,14-18H2,1H3. The monoisotopic (exact) mass is 418 g/mol. The van der Waals surface area contributed by atoms with Crippen LogP contribution >= 0.6 is 0 Å². The lowest BCUT2D eigenvalue weighted by atomic mass is 9.89. The van der Waals surface area contributed by atoms with Crippen LogP contribution in [0.5, 0.6) is 5.75 Å². The van der Waals surface area contributed by atoms with Crippen molar-refractivity contribution in [1.82, 2.24) is 14.5 Å². The summed E-state index contributed by atoms with van der Waals surface area (Å²) in [5, 5.41) is 0. The number of nitrogens with zero attached hydrogens (tertiary/aromatic N) is 4. The number of pyridine rings is 1. The minimum atomic E-state index is -0.319. The predicted octanol–water partition coefficient (Wildman–Crippen LogP) is 2.85. The maximum Gasteiger partial charge on any atom is 0.260 e. The van der Waals surface area contributed by atoms with Gasteiger partial charge in [-0.2, -0.15) is 0 Å². The Bertz CT molecular complexity index is 1070. The fraction of sp³-hybridized carbons (Fsp3) is 0.333. The molecule has 2 aliphatic rings. The van der Waals surface area contributed by atoms with E-state index in [2.05, 4.69) is 38.8 Å². The molecule has 0 saturated carbocycles. The number of aromatic nitrogens is 2. The number of anilines is 1. The molecule has 0 aliphatic carbocycles. The van der Waals surface area contributed by atoms with Crippen molar-refractivity contribution in [3.05, 3.63) is 72.7 Å². The van der Waals surface area contributed by atoms with E-state index < -0.39 is 0 Å². The molecule has 2 aliphatic heterocycles. The second-order valence-corrected chi connectivity index (χ2v) is 7.95. The van der Waals surface area contributed by atoms with Gasteiger partial charge in [-0.15, -0.1) is 0 Å². The van der Waals surface area contributed by atoms with Crippen molar-refractivity contribution in [2.24, 2.45) is 0 Å². The molecule has 3 aromatic rings. The Morgan fingerprint density at radius 2 is 2.00 bits per heavy atom. The number of amides is 1. The second-order valence-electron chi connectivity index (χ2n) is 7.95. The van der Waals surface area contributed by atoms with Crippen LogP contribution in [0.4, 0.5) is 5.69 Å². The Kier molecular flexibility index (Phi) is 5.11. The average Bonchev–Trinajstić information content (AvgIpc) is 3.47. The van der Waals surface area contributed by atoms with Gasteiger partial charge < -0.3 is 23.8 Å². The summed E-state index contributed by atoms with van der Waals surface area (Å²) in [4.78, 5) is 21.9. The summed E-state index contributed by atoms with van der Waals surface area (Å²) in [6.07, 6.45) is 4.71. The fourth-order valence-electron chi connectivity index (χ4n) is 4.80. The molecule has 7 heteroatoms. The number of fused-ring (bicyclic) bond motifs is 4. The van der Waals surface area contributed by atoms with Crippen molar-refractivity contribution in [3.8, 4) is 11.6 Å². The van der Waals surface area contributed by atoms with Gasteiger partial charge in [0.05, 0.1) is 18.0 Å². The molecule has 1 saturated heterocycles. The molecule has 0 N–H and O–H groups in total. The topological polar surface area (TPSA) is 59.8 Å². The molecule has 31 heavy (non-hydrogen) atoms. The van der Waals surface area contributed by atoms with Gasteiger partial charge >= 0.3 is 0 Å². The van der Waals surface area contributed by atoms with E-state index in [1.807, 2.05) is 47.5 Å². The molecule has 5 rings (SSSR count). The number of methoxy groups -OCH3 is 1. The van der Waals surface area contributed by atoms with E-state index in [0.717, 1.165) is 30.2 Å². The van der Waals surface area contributed by atoms with Gasteiger partial charge in [0.25, 0.3) is 5.91 Å². The van der Waals surface area contributed by atoms with Gasteiger partial charge in [0.2, 0.25) is 0 Å². The molecule has 1 fully saturated rings. The molecular weight excluding hydrogens is 392 g/mol. The van der Waals surface area contributed by atoms with Crippen molar-refractivity contribution < 1.29 is 14.3 Å².